The number of rotatable bonds is 1. The largest absolute Gasteiger partial charge is 0.326 e. The lowest BCUT2D eigenvalue weighted by Crippen LogP contribution is -1.94. The van der Waals surface area contributed by atoms with E-state index in [1.165, 1.54) is 5.56 Å². The maximum Gasteiger partial charge on any atom is 0.0991 e. The molecule has 0 saturated carbocycles. The third-order valence-electron chi connectivity index (χ3n) is 1.98. The summed E-state index contributed by atoms with van der Waals surface area (Å²) in [4.78, 5) is 0. The Hall–Kier alpha value is -2.25. The fourth-order valence-corrected chi connectivity index (χ4v) is 1.13. The first kappa shape index (κ1) is 29.7. The Bertz CT molecular complexity index is 440. The van der Waals surface area contributed by atoms with Crippen LogP contribution in [0.4, 0.5) is 8.78 Å². The van der Waals surface area contributed by atoms with Crippen molar-refractivity contribution in [3.8, 4) is 6.07 Å². The summed E-state index contributed by atoms with van der Waals surface area (Å²) in [7, 11) is 1.00. The van der Waals surface area contributed by atoms with E-state index in [1.807, 2.05) is 82.3 Å². The van der Waals surface area contributed by atoms with Crippen molar-refractivity contribution < 1.29 is 8.78 Å². The third kappa shape index (κ3) is 22.0. The lowest BCUT2D eigenvalue weighted by Gasteiger charge is -1.90. The minimum Gasteiger partial charge on any atom is -0.326 e. The average molecular weight is 338 g/mol. The zero-order valence-electron chi connectivity index (χ0n) is 15.8. The van der Waals surface area contributed by atoms with Gasteiger partial charge in [0, 0.05) is 6.54 Å². The number of nitrogens with two attached hydrogens (primary N) is 1. The van der Waals surface area contributed by atoms with E-state index in [0.29, 0.717) is 26.5 Å². The zero-order valence-corrected chi connectivity index (χ0v) is 15.8. The Morgan fingerprint density at radius 3 is 1.29 bits per heavy atom. The molecule has 0 heterocycles. The highest BCUT2D eigenvalue weighted by Crippen LogP contribution is 1.94. The molecule has 0 fully saturated rings. The quantitative estimate of drug-likeness (QED) is 0.701. The van der Waals surface area contributed by atoms with Crippen LogP contribution in [0.2, 0.25) is 0 Å². The third-order valence-corrected chi connectivity index (χ3v) is 1.98. The van der Waals surface area contributed by atoms with Gasteiger partial charge in [-0.05, 0) is 17.7 Å². The molecule has 2 nitrogen and oxygen atoms in total. The molecule has 136 valence electrons. The van der Waals surface area contributed by atoms with E-state index in [4.69, 9.17) is 11.0 Å². The molecule has 0 atom stereocenters. The Morgan fingerprint density at radius 1 is 0.750 bits per heavy atom. The van der Waals surface area contributed by atoms with Crippen LogP contribution < -0.4 is 5.73 Å². The van der Waals surface area contributed by atoms with Crippen molar-refractivity contribution in [1.29, 1.82) is 5.26 Å². The highest BCUT2D eigenvalue weighted by molar-refractivity contribution is 5.27. The first-order chi connectivity index (χ1) is 11.9. The standard InChI is InChI=1S/C7H9N.C7H5N.2C2H6.2CH3F/c2*8-6-7-4-2-1-3-5-7;4*1-2/h1-5H,6,8H2;1-5H;2*1-2H3;2*1H3. The van der Waals surface area contributed by atoms with Gasteiger partial charge in [-0.15, -0.1) is 0 Å². The highest BCUT2D eigenvalue weighted by Gasteiger charge is 1.80. The molecule has 24 heavy (non-hydrogen) atoms. The van der Waals surface area contributed by atoms with Crippen molar-refractivity contribution in [3.05, 3.63) is 71.8 Å². The highest BCUT2D eigenvalue weighted by atomic mass is 19.1. The van der Waals surface area contributed by atoms with Crippen molar-refractivity contribution >= 4 is 0 Å². The minimum absolute atomic E-state index is 0.500. The van der Waals surface area contributed by atoms with Gasteiger partial charge in [-0.1, -0.05) is 76.2 Å². The number of benzene rings is 2. The smallest absolute Gasteiger partial charge is 0.0991 e. The molecule has 0 aliphatic heterocycles. The molecule has 0 saturated heterocycles. The first-order valence-corrected chi connectivity index (χ1v) is 7.81. The van der Waals surface area contributed by atoms with E-state index in [0.717, 1.165) is 0 Å². The van der Waals surface area contributed by atoms with E-state index < -0.39 is 0 Å². The number of hydrogen-bond acceptors (Lipinski definition) is 2. The molecule has 0 aromatic heterocycles. The van der Waals surface area contributed by atoms with E-state index in [9.17, 15) is 8.78 Å². The van der Waals surface area contributed by atoms with E-state index in [2.05, 4.69) is 0 Å². The van der Waals surface area contributed by atoms with Crippen molar-refractivity contribution in [1.82, 2.24) is 0 Å². The Morgan fingerprint density at radius 2 is 1.08 bits per heavy atom. The van der Waals surface area contributed by atoms with Gasteiger partial charge >= 0.3 is 0 Å². The molecule has 0 radical (unpaired) electrons. The predicted molar refractivity (Wildman–Crippen MR) is 102 cm³/mol. The second-order valence-electron chi connectivity index (χ2n) is 3.17. The monoisotopic (exact) mass is 338 g/mol. The number of hydrogen-bond donors (Lipinski definition) is 1. The van der Waals surface area contributed by atoms with Gasteiger partial charge in [0.05, 0.1) is 26.0 Å². The van der Waals surface area contributed by atoms with Gasteiger partial charge in [-0.3, -0.25) is 8.78 Å². The summed E-state index contributed by atoms with van der Waals surface area (Å²) in [6.07, 6.45) is 0. The van der Waals surface area contributed by atoms with Crippen LogP contribution in [-0.2, 0) is 6.54 Å². The number of alkyl halides is 2. The van der Waals surface area contributed by atoms with Gasteiger partial charge < -0.3 is 5.73 Å². The van der Waals surface area contributed by atoms with Gasteiger partial charge in [0.25, 0.3) is 0 Å². The van der Waals surface area contributed by atoms with Gasteiger partial charge in [0.1, 0.15) is 0 Å². The molecule has 2 aromatic carbocycles. The van der Waals surface area contributed by atoms with Crippen molar-refractivity contribution in [2.24, 2.45) is 5.73 Å². The Balaban J connectivity index is -0.000000118. The molecule has 2 N–H and O–H groups in total. The molecule has 0 aliphatic rings. The molecule has 0 bridgehead atoms. The van der Waals surface area contributed by atoms with Crippen LogP contribution in [0.15, 0.2) is 60.7 Å². The molecule has 0 amide bonds. The summed E-state index contributed by atoms with van der Waals surface area (Å²) in [5, 5.41) is 8.29. The summed E-state index contributed by atoms with van der Waals surface area (Å²) < 4.78 is 19.0. The molecule has 2 aromatic rings. The lowest BCUT2D eigenvalue weighted by atomic mass is 10.2. The normalized spacial score (nSPS) is 6.67. The molecule has 2 rings (SSSR count). The lowest BCUT2D eigenvalue weighted by molar-refractivity contribution is 0.635. The van der Waals surface area contributed by atoms with Crippen LogP contribution >= 0.6 is 0 Å². The van der Waals surface area contributed by atoms with Crippen molar-refractivity contribution in [2.45, 2.75) is 34.2 Å². The zero-order chi connectivity index (χ0) is 19.6. The molecule has 0 unspecified atom stereocenters. The van der Waals surface area contributed by atoms with Crippen LogP contribution in [0.5, 0.6) is 0 Å². The van der Waals surface area contributed by atoms with E-state index >= 15 is 0 Å². The fourth-order valence-electron chi connectivity index (χ4n) is 1.13. The predicted octanol–water partition coefficient (Wildman–Crippen LogP) is 5.93. The van der Waals surface area contributed by atoms with Gasteiger partial charge in [0.15, 0.2) is 0 Å². The van der Waals surface area contributed by atoms with Crippen LogP contribution in [0.25, 0.3) is 0 Å². The molecule has 4 heteroatoms. The Labute approximate surface area is 147 Å². The second-order valence-corrected chi connectivity index (χ2v) is 3.17. The average Bonchev–Trinajstić information content (AvgIpc) is 2.75. The number of halogens is 2. The van der Waals surface area contributed by atoms with Crippen LogP contribution in [0.3, 0.4) is 0 Å². The van der Waals surface area contributed by atoms with Crippen LogP contribution in [-0.4, -0.2) is 14.4 Å². The number of nitrogens with zero attached hydrogens (tertiary/aromatic N) is 1. The minimum atomic E-state index is 0.500. The molecular weight excluding hydrogens is 306 g/mol. The molecular formula is C20H32F2N2. The van der Waals surface area contributed by atoms with E-state index in [-0.39, 0.29) is 0 Å². The van der Waals surface area contributed by atoms with Crippen molar-refractivity contribution in [2.75, 3.05) is 14.4 Å². The first-order valence-electron chi connectivity index (χ1n) is 7.81. The Kier molecular flexibility index (Phi) is 40.4. The van der Waals surface area contributed by atoms with Gasteiger partial charge in [-0.2, -0.15) is 5.26 Å². The summed E-state index contributed by atoms with van der Waals surface area (Å²) in [6, 6.07) is 21.2. The summed E-state index contributed by atoms with van der Waals surface area (Å²) in [5.41, 5.74) is 7.25. The van der Waals surface area contributed by atoms with E-state index in [1.54, 1.807) is 12.1 Å². The maximum absolute atomic E-state index is 9.50. The topological polar surface area (TPSA) is 49.8 Å². The SMILES string of the molecule is CC.CC.CF.CF.N#Cc1ccccc1.NCc1ccccc1. The summed E-state index contributed by atoms with van der Waals surface area (Å²) in [5.74, 6) is 0. The second kappa shape index (κ2) is 32.6. The fraction of sp³-hybridized carbons (Fsp3) is 0.350. The summed E-state index contributed by atoms with van der Waals surface area (Å²) in [6.45, 7) is 8.64. The van der Waals surface area contributed by atoms with Crippen LogP contribution in [0, 0.1) is 11.3 Å². The van der Waals surface area contributed by atoms with Crippen molar-refractivity contribution in [3.63, 3.8) is 0 Å². The van der Waals surface area contributed by atoms with Gasteiger partial charge in [0.2, 0.25) is 0 Å². The number of nitriles is 1. The maximum atomic E-state index is 9.50. The summed E-state index contributed by atoms with van der Waals surface area (Å²) >= 11 is 0. The molecule has 0 spiro atoms. The molecule has 0 aliphatic carbocycles. The van der Waals surface area contributed by atoms with Crippen LogP contribution in [0.1, 0.15) is 38.8 Å². The van der Waals surface area contributed by atoms with Gasteiger partial charge in [-0.25, -0.2) is 0 Å².